The number of nitro benzene ring substituents is 1. The van der Waals surface area contributed by atoms with Crippen LogP contribution in [-0.4, -0.2) is 37.8 Å². The van der Waals surface area contributed by atoms with Gasteiger partial charge in [0.15, 0.2) is 4.90 Å². The summed E-state index contributed by atoms with van der Waals surface area (Å²) in [6, 6.07) is 4.15. The van der Waals surface area contributed by atoms with Gasteiger partial charge in [0.05, 0.1) is 4.92 Å². The average Bonchev–Trinajstić information content (AvgIpc) is 2.28. The van der Waals surface area contributed by atoms with Gasteiger partial charge in [-0.25, -0.2) is 8.42 Å². The number of rotatable bonds is 5. The second-order valence-corrected chi connectivity index (χ2v) is 5.78. The van der Waals surface area contributed by atoms with Crippen molar-refractivity contribution in [2.75, 3.05) is 20.1 Å². The van der Waals surface area contributed by atoms with E-state index in [1.54, 1.807) is 0 Å². The molecule has 2 N–H and O–H groups in total. The van der Waals surface area contributed by atoms with E-state index in [0.29, 0.717) is 5.56 Å². The number of hydrogen-bond acceptors (Lipinski definition) is 5. The maximum atomic E-state index is 12.2. The minimum atomic E-state index is -3.90. The van der Waals surface area contributed by atoms with Gasteiger partial charge in [-0.1, -0.05) is 12.1 Å². The molecule has 0 atom stereocenters. The predicted octanol–water partition coefficient (Wildman–Crippen LogP) is 0.482. The van der Waals surface area contributed by atoms with Crippen molar-refractivity contribution in [2.45, 2.75) is 11.8 Å². The Balaban J connectivity index is 3.45. The zero-order chi connectivity index (χ0) is 13.9. The van der Waals surface area contributed by atoms with E-state index < -0.39 is 20.6 Å². The minimum absolute atomic E-state index is 0.105. The Morgan fingerprint density at radius 3 is 2.56 bits per heavy atom. The molecule has 0 radical (unpaired) electrons. The van der Waals surface area contributed by atoms with Crippen molar-refractivity contribution >= 4 is 15.7 Å². The number of likely N-dealkylation sites (N-methyl/N-ethyl adjacent to an activating group) is 1. The molecule has 0 bridgehead atoms. The molecule has 0 unspecified atom stereocenters. The third-order valence-corrected chi connectivity index (χ3v) is 4.55. The highest BCUT2D eigenvalue weighted by Gasteiger charge is 2.30. The lowest BCUT2D eigenvalue weighted by molar-refractivity contribution is -0.387. The van der Waals surface area contributed by atoms with E-state index in [2.05, 4.69) is 0 Å². The first kappa shape index (κ1) is 14.6. The number of nitro groups is 1. The topological polar surface area (TPSA) is 107 Å². The molecule has 0 fully saturated rings. The van der Waals surface area contributed by atoms with Crippen LogP contribution < -0.4 is 5.73 Å². The molecule has 0 saturated heterocycles. The minimum Gasteiger partial charge on any atom is -0.329 e. The zero-order valence-corrected chi connectivity index (χ0v) is 11.0. The lowest BCUT2D eigenvalue weighted by atomic mass is 10.2. The van der Waals surface area contributed by atoms with Crippen molar-refractivity contribution in [3.63, 3.8) is 0 Å². The highest BCUT2D eigenvalue weighted by Crippen LogP contribution is 2.28. The van der Waals surface area contributed by atoms with E-state index in [-0.39, 0.29) is 18.0 Å². The smallest absolute Gasteiger partial charge is 0.289 e. The molecule has 0 aliphatic carbocycles. The van der Waals surface area contributed by atoms with Gasteiger partial charge in [-0.2, -0.15) is 4.31 Å². The van der Waals surface area contributed by atoms with Crippen molar-refractivity contribution in [3.05, 3.63) is 33.9 Å². The summed E-state index contributed by atoms with van der Waals surface area (Å²) in [5.74, 6) is 0. The summed E-state index contributed by atoms with van der Waals surface area (Å²) in [5.41, 5.74) is 5.22. The van der Waals surface area contributed by atoms with Gasteiger partial charge in [0.25, 0.3) is 5.69 Å². The Bertz CT molecular complexity index is 556. The molecule has 0 amide bonds. The van der Waals surface area contributed by atoms with Crippen LogP contribution in [0.1, 0.15) is 5.56 Å². The monoisotopic (exact) mass is 273 g/mol. The molecule has 0 aliphatic rings. The second-order valence-electron chi connectivity index (χ2n) is 3.80. The first-order valence-corrected chi connectivity index (χ1v) is 6.66. The lowest BCUT2D eigenvalue weighted by Gasteiger charge is -2.17. The van der Waals surface area contributed by atoms with Gasteiger partial charge in [0, 0.05) is 26.2 Å². The first-order chi connectivity index (χ1) is 8.32. The van der Waals surface area contributed by atoms with E-state index in [4.69, 9.17) is 5.73 Å². The van der Waals surface area contributed by atoms with Gasteiger partial charge >= 0.3 is 0 Å². The highest BCUT2D eigenvalue weighted by atomic mass is 32.2. The molecule has 0 aromatic heterocycles. The van der Waals surface area contributed by atoms with Gasteiger partial charge in [-0.05, 0) is 12.5 Å². The lowest BCUT2D eigenvalue weighted by Crippen LogP contribution is -2.32. The number of sulfonamides is 1. The average molecular weight is 273 g/mol. The fraction of sp³-hybridized carbons (Fsp3) is 0.400. The predicted molar refractivity (Wildman–Crippen MR) is 66.7 cm³/mol. The van der Waals surface area contributed by atoms with Crippen LogP contribution in [0.5, 0.6) is 0 Å². The van der Waals surface area contributed by atoms with Crippen LogP contribution in [0.3, 0.4) is 0 Å². The van der Waals surface area contributed by atoms with Crippen LogP contribution in [0.2, 0.25) is 0 Å². The van der Waals surface area contributed by atoms with Crippen molar-refractivity contribution in [2.24, 2.45) is 5.73 Å². The fourth-order valence-electron chi connectivity index (χ4n) is 1.57. The summed E-state index contributed by atoms with van der Waals surface area (Å²) >= 11 is 0. The van der Waals surface area contributed by atoms with Gasteiger partial charge in [0.1, 0.15) is 0 Å². The molecule has 7 nitrogen and oxygen atoms in total. The van der Waals surface area contributed by atoms with Crippen LogP contribution in [0.25, 0.3) is 0 Å². The fourth-order valence-corrected chi connectivity index (χ4v) is 3.11. The third kappa shape index (κ3) is 2.66. The molecule has 1 rings (SSSR count). The highest BCUT2D eigenvalue weighted by molar-refractivity contribution is 7.89. The number of nitrogens with zero attached hydrogens (tertiary/aromatic N) is 2. The molecule has 18 heavy (non-hydrogen) atoms. The maximum absolute atomic E-state index is 12.2. The van der Waals surface area contributed by atoms with Gasteiger partial charge in [-0.3, -0.25) is 10.1 Å². The number of nitrogens with two attached hydrogens (primary N) is 1. The van der Waals surface area contributed by atoms with Crippen molar-refractivity contribution in [3.8, 4) is 0 Å². The molecule has 1 aromatic carbocycles. The first-order valence-electron chi connectivity index (χ1n) is 5.22. The Morgan fingerprint density at radius 1 is 1.44 bits per heavy atom. The standard InChI is InChI=1S/C10H15N3O4S/c1-8-4-3-5-9(13(14)15)10(8)18(16,17)12(2)7-6-11/h3-5H,6-7,11H2,1-2H3. The number of aryl methyl sites for hydroxylation is 1. The third-order valence-electron chi connectivity index (χ3n) is 2.50. The summed E-state index contributed by atoms with van der Waals surface area (Å²) in [4.78, 5) is 9.93. The molecule has 0 spiro atoms. The number of benzene rings is 1. The van der Waals surface area contributed by atoms with Gasteiger partial charge in [0.2, 0.25) is 10.0 Å². The molecule has 0 saturated carbocycles. The quantitative estimate of drug-likeness (QED) is 0.620. The van der Waals surface area contributed by atoms with Crippen LogP contribution >= 0.6 is 0 Å². The van der Waals surface area contributed by atoms with Crippen LogP contribution in [0, 0.1) is 17.0 Å². The summed E-state index contributed by atoms with van der Waals surface area (Å²) in [7, 11) is -2.55. The SMILES string of the molecule is Cc1cccc([N+](=O)[O-])c1S(=O)(=O)N(C)CCN. The zero-order valence-electron chi connectivity index (χ0n) is 10.2. The summed E-state index contributed by atoms with van der Waals surface area (Å²) in [5, 5.41) is 10.9. The number of hydrogen-bond donors (Lipinski definition) is 1. The van der Waals surface area contributed by atoms with E-state index in [9.17, 15) is 18.5 Å². The summed E-state index contributed by atoms with van der Waals surface area (Å²) < 4.78 is 25.5. The van der Waals surface area contributed by atoms with E-state index >= 15 is 0 Å². The summed E-state index contributed by atoms with van der Waals surface area (Å²) in [6.45, 7) is 1.78. The molecule has 8 heteroatoms. The molecular weight excluding hydrogens is 258 g/mol. The van der Waals surface area contributed by atoms with Crippen molar-refractivity contribution < 1.29 is 13.3 Å². The Kier molecular flexibility index (Phi) is 4.38. The Labute approximate surface area is 105 Å². The molecule has 1 aromatic rings. The van der Waals surface area contributed by atoms with Crippen molar-refractivity contribution in [1.82, 2.24) is 4.31 Å². The molecule has 0 aliphatic heterocycles. The molecular formula is C10H15N3O4S. The van der Waals surface area contributed by atoms with Gasteiger partial charge in [-0.15, -0.1) is 0 Å². The van der Waals surface area contributed by atoms with E-state index in [0.717, 1.165) is 4.31 Å². The second kappa shape index (κ2) is 5.42. The largest absolute Gasteiger partial charge is 0.329 e. The van der Waals surface area contributed by atoms with Crippen LogP contribution in [0.4, 0.5) is 5.69 Å². The van der Waals surface area contributed by atoms with Crippen molar-refractivity contribution in [1.29, 1.82) is 0 Å². The van der Waals surface area contributed by atoms with Gasteiger partial charge < -0.3 is 5.73 Å². The Morgan fingerprint density at radius 2 is 2.06 bits per heavy atom. The van der Waals surface area contributed by atoms with Crippen LogP contribution in [-0.2, 0) is 10.0 Å². The van der Waals surface area contributed by atoms with E-state index in [1.165, 1.54) is 32.2 Å². The summed E-state index contributed by atoms with van der Waals surface area (Å²) in [6.07, 6.45) is 0. The van der Waals surface area contributed by atoms with Crippen LogP contribution in [0.15, 0.2) is 23.1 Å². The normalized spacial score (nSPS) is 11.8. The maximum Gasteiger partial charge on any atom is 0.289 e. The molecule has 100 valence electrons. The molecule has 0 heterocycles. The Hall–Kier alpha value is -1.51. The van der Waals surface area contributed by atoms with E-state index in [1.807, 2.05) is 0 Å².